The molecule has 150 valence electrons. The van der Waals surface area contributed by atoms with E-state index in [1.807, 2.05) is 6.92 Å². The molecular formula is C24H27F3O. The number of aryl methyl sites for hydroxylation is 1. The van der Waals surface area contributed by atoms with Crippen molar-refractivity contribution in [1.29, 1.82) is 0 Å². The minimum atomic E-state index is -1.01. The lowest BCUT2D eigenvalue weighted by molar-refractivity contribution is 0.173. The van der Waals surface area contributed by atoms with Crippen molar-refractivity contribution in [2.45, 2.75) is 58.8 Å². The molecule has 1 saturated carbocycles. The molecule has 0 unspecified atom stereocenters. The van der Waals surface area contributed by atoms with Gasteiger partial charge in [0.1, 0.15) is 5.82 Å². The van der Waals surface area contributed by atoms with Gasteiger partial charge in [-0.1, -0.05) is 51.7 Å². The van der Waals surface area contributed by atoms with Crippen LogP contribution in [0.25, 0.3) is 22.3 Å². The van der Waals surface area contributed by atoms with Crippen LogP contribution in [0.2, 0.25) is 0 Å². The van der Waals surface area contributed by atoms with Crippen LogP contribution in [0.1, 0.15) is 57.9 Å². The summed E-state index contributed by atoms with van der Waals surface area (Å²) >= 11 is 0. The third-order valence-corrected chi connectivity index (χ3v) is 6.45. The molecule has 2 aliphatic rings. The van der Waals surface area contributed by atoms with Gasteiger partial charge >= 0.3 is 0 Å². The topological polar surface area (TPSA) is 9.23 Å². The molecule has 0 aliphatic heterocycles. The fourth-order valence-electron chi connectivity index (χ4n) is 4.77. The Morgan fingerprint density at radius 2 is 1.54 bits per heavy atom. The molecule has 28 heavy (non-hydrogen) atoms. The third kappa shape index (κ3) is 3.21. The second kappa shape index (κ2) is 7.81. The van der Waals surface area contributed by atoms with Gasteiger partial charge in [0.25, 0.3) is 0 Å². The van der Waals surface area contributed by atoms with E-state index in [0.29, 0.717) is 35.6 Å². The summed E-state index contributed by atoms with van der Waals surface area (Å²) in [5.74, 6) is -1.32. The first-order valence-electron chi connectivity index (χ1n) is 10.5. The van der Waals surface area contributed by atoms with Crippen LogP contribution in [-0.2, 0) is 6.42 Å². The van der Waals surface area contributed by atoms with Gasteiger partial charge in [0.05, 0.1) is 6.61 Å². The van der Waals surface area contributed by atoms with E-state index >= 15 is 0 Å². The zero-order chi connectivity index (χ0) is 19.8. The number of rotatable bonds is 6. The molecule has 1 fully saturated rings. The largest absolute Gasteiger partial charge is 0.490 e. The first-order chi connectivity index (χ1) is 13.5. The van der Waals surface area contributed by atoms with Gasteiger partial charge in [0, 0.05) is 11.1 Å². The summed E-state index contributed by atoms with van der Waals surface area (Å²) < 4.78 is 49.5. The van der Waals surface area contributed by atoms with Gasteiger partial charge in [-0.25, -0.2) is 8.78 Å². The first kappa shape index (κ1) is 19.4. The Hall–Kier alpha value is -1.97. The predicted octanol–water partition coefficient (Wildman–Crippen LogP) is 7.30. The Balaban J connectivity index is 1.50. The quantitative estimate of drug-likeness (QED) is 0.430. The van der Waals surface area contributed by atoms with Crippen LogP contribution in [0.4, 0.5) is 13.2 Å². The molecule has 0 N–H and O–H groups in total. The Kier molecular flexibility index (Phi) is 5.39. The van der Waals surface area contributed by atoms with Crippen LogP contribution >= 0.6 is 0 Å². The smallest absolute Gasteiger partial charge is 0.201 e. The first-order valence-corrected chi connectivity index (χ1v) is 10.5. The summed E-state index contributed by atoms with van der Waals surface area (Å²) in [5, 5.41) is 0. The third-order valence-electron chi connectivity index (χ3n) is 6.45. The van der Waals surface area contributed by atoms with E-state index in [2.05, 4.69) is 6.92 Å². The summed E-state index contributed by atoms with van der Waals surface area (Å²) in [6.45, 7) is 4.46. The van der Waals surface area contributed by atoms with E-state index in [0.717, 1.165) is 18.8 Å². The van der Waals surface area contributed by atoms with Gasteiger partial charge in [0.15, 0.2) is 11.6 Å². The molecule has 0 amide bonds. The highest BCUT2D eigenvalue weighted by molar-refractivity contribution is 6.03. The number of fused-ring (bicyclic) bond motifs is 4. The summed E-state index contributed by atoms with van der Waals surface area (Å²) in [7, 11) is 0. The Bertz CT molecular complexity index is 882. The van der Waals surface area contributed by atoms with Crippen molar-refractivity contribution in [2.24, 2.45) is 11.8 Å². The normalized spacial score (nSPS) is 20.3. The van der Waals surface area contributed by atoms with Crippen molar-refractivity contribution < 1.29 is 17.9 Å². The molecule has 1 nitrogen and oxygen atoms in total. The van der Waals surface area contributed by atoms with Crippen molar-refractivity contribution in [3.05, 3.63) is 41.2 Å². The molecule has 4 heteroatoms. The predicted molar refractivity (Wildman–Crippen MR) is 106 cm³/mol. The van der Waals surface area contributed by atoms with Crippen molar-refractivity contribution >= 4 is 0 Å². The fraction of sp³-hybridized carbons (Fsp3) is 0.500. The highest BCUT2D eigenvalue weighted by Crippen LogP contribution is 2.52. The van der Waals surface area contributed by atoms with Gasteiger partial charge in [0.2, 0.25) is 5.82 Å². The number of hydrogen-bond donors (Lipinski definition) is 0. The average molecular weight is 388 g/mol. The van der Waals surface area contributed by atoms with E-state index in [4.69, 9.17) is 4.74 Å². The minimum Gasteiger partial charge on any atom is -0.490 e. The standard InChI is InChI=1S/C24H27F3O/c1-3-5-14-6-8-15(9-7-14)13-28-19-12-18-17-11-10-16(4-2)22(25)20(17)21(18)24(27)23(19)26/h10-12,14-15H,3-9,13H2,1-2H3. The second-order valence-electron chi connectivity index (χ2n) is 8.23. The SMILES string of the molecule is CCCC1CCC(COc2cc3c(c(F)c2F)-c2c-3ccc(CC)c2F)CC1. The minimum absolute atomic E-state index is 0.0488. The number of benzene rings is 2. The molecular weight excluding hydrogens is 361 g/mol. The summed E-state index contributed by atoms with van der Waals surface area (Å²) in [5.41, 5.74) is 1.94. The molecule has 0 aromatic heterocycles. The van der Waals surface area contributed by atoms with Gasteiger partial charge in [-0.2, -0.15) is 4.39 Å². The molecule has 0 saturated heterocycles. The van der Waals surface area contributed by atoms with E-state index in [1.54, 1.807) is 12.1 Å². The van der Waals surface area contributed by atoms with E-state index in [-0.39, 0.29) is 16.9 Å². The molecule has 0 heterocycles. The summed E-state index contributed by atoms with van der Waals surface area (Å²) in [6, 6.07) is 5.03. The maximum Gasteiger partial charge on any atom is 0.201 e. The Morgan fingerprint density at radius 1 is 0.857 bits per heavy atom. The molecule has 2 aromatic carbocycles. The lowest BCUT2D eigenvalue weighted by Crippen LogP contribution is -2.20. The zero-order valence-electron chi connectivity index (χ0n) is 16.6. The zero-order valence-corrected chi connectivity index (χ0v) is 16.6. The second-order valence-corrected chi connectivity index (χ2v) is 8.23. The van der Waals surface area contributed by atoms with Gasteiger partial charge in [-0.3, -0.25) is 0 Å². The molecule has 0 spiro atoms. The van der Waals surface area contributed by atoms with Crippen LogP contribution in [0.5, 0.6) is 5.75 Å². The van der Waals surface area contributed by atoms with Gasteiger partial charge in [-0.05, 0) is 53.9 Å². The fourth-order valence-corrected chi connectivity index (χ4v) is 4.77. The highest BCUT2D eigenvalue weighted by atomic mass is 19.2. The summed E-state index contributed by atoms with van der Waals surface area (Å²) in [4.78, 5) is 0. The molecule has 2 aliphatic carbocycles. The van der Waals surface area contributed by atoms with Gasteiger partial charge < -0.3 is 4.74 Å². The van der Waals surface area contributed by atoms with E-state index in [1.165, 1.54) is 31.7 Å². The Labute approximate surface area is 164 Å². The lowest BCUT2D eigenvalue weighted by Gasteiger charge is -2.29. The van der Waals surface area contributed by atoms with Crippen molar-refractivity contribution in [1.82, 2.24) is 0 Å². The van der Waals surface area contributed by atoms with Crippen LogP contribution < -0.4 is 4.74 Å². The van der Waals surface area contributed by atoms with Crippen LogP contribution in [-0.4, -0.2) is 6.61 Å². The lowest BCUT2D eigenvalue weighted by atomic mass is 9.78. The Morgan fingerprint density at radius 3 is 2.21 bits per heavy atom. The molecule has 0 bridgehead atoms. The van der Waals surface area contributed by atoms with Crippen LogP contribution in [0.3, 0.4) is 0 Å². The van der Waals surface area contributed by atoms with Crippen molar-refractivity contribution in [3.8, 4) is 28.0 Å². The number of halogens is 3. The molecule has 2 aromatic rings. The molecule has 0 atom stereocenters. The number of hydrogen-bond acceptors (Lipinski definition) is 1. The van der Waals surface area contributed by atoms with Crippen LogP contribution in [0.15, 0.2) is 18.2 Å². The van der Waals surface area contributed by atoms with E-state index < -0.39 is 17.5 Å². The van der Waals surface area contributed by atoms with E-state index in [9.17, 15) is 13.2 Å². The maximum absolute atomic E-state index is 14.7. The number of ether oxygens (including phenoxy) is 1. The average Bonchev–Trinajstić information content (AvgIpc) is 2.69. The van der Waals surface area contributed by atoms with Crippen molar-refractivity contribution in [3.63, 3.8) is 0 Å². The molecule has 4 rings (SSSR count). The summed E-state index contributed by atoms with van der Waals surface area (Å²) in [6.07, 6.45) is 7.53. The monoisotopic (exact) mass is 388 g/mol. The van der Waals surface area contributed by atoms with Crippen LogP contribution in [0, 0.1) is 29.3 Å². The maximum atomic E-state index is 14.7. The highest BCUT2D eigenvalue weighted by Gasteiger charge is 2.34. The van der Waals surface area contributed by atoms with Crippen molar-refractivity contribution in [2.75, 3.05) is 6.61 Å². The molecule has 0 radical (unpaired) electrons. The van der Waals surface area contributed by atoms with Gasteiger partial charge in [-0.15, -0.1) is 0 Å².